The molecule has 6 nitrogen and oxygen atoms in total. The molecule has 0 aliphatic rings. The second-order valence-electron chi connectivity index (χ2n) is 16.4. The van der Waals surface area contributed by atoms with Crippen molar-refractivity contribution in [3.8, 4) is 0 Å². The maximum absolute atomic E-state index is 12.7. The lowest BCUT2D eigenvalue weighted by Gasteiger charge is -2.18. The minimum atomic E-state index is -0.789. The van der Waals surface area contributed by atoms with Gasteiger partial charge in [-0.15, -0.1) is 0 Å². The number of ether oxygens (including phenoxy) is 3. The van der Waals surface area contributed by atoms with E-state index in [1.165, 1.54) is 116 Å². The molecule has 0 radical (unpaired) electrons. The van der Waals surface area contributed by atoms with Gasteiger partial charge in [0.2, 0.25) is 0 Å². The Morgan fingerprint density at radius 2 is 0.621 bits per heavy atom. The van der Waals surface area contributed by atoms with Crippen LogP contribution in [0.25, 0.3) is 0 Å². The molecule has 58 heavy (non-hydrogen) atoms. The summed E-state index contributed by atoms with van der Waals surface area (Å²) in [6.45, 7) is 6.54. The summed E-state index contributed by atoms with van der Waals surface area (Å²) in [5.41, 5.74) is 0. The average Bonchev–Trinajstić information content (AvgIpc) is 3.22. The van der Waals surface area contributed by atoms with Gasteiger partial charge in [-0.25, -0.2) is 0 Å². The number of unbranched alkanes of at least 4 members (excludes halogenated alkanes) is 27. The van der Waals surface area contributed by atoms with Crippen LogP contribution in [0.15, 0.2) is 48.6 Å². The Morgan fingerprint density at radius 3 is 0.983 bits per heavy atom. The first-order valence-electron chi connectivity index (χ1n) is 24.7. The summed E-state index contributed by atoms with van der Waals surface area (Å²) in [5.74, 6) is -0.929. The van der Waals surface area contributed by atoms with Crippen LogP contribution in [-0.2, 0) is 28.6 Å². The van der Waals surface area contributed by atoms with E-state index in [0.29, 0.717) is 19.3 Å². The molecule has 0 spiro atoms. The van der Waals surface area contributed by atoms with E-state index < -0.39 is 6.10 Å². The molecule has 6 heteroatoms. The van der Waals surface area contributed by atoms with Crippen molar-refractivity contribution < 1.29 is 28.6 Å². The lowest BCUT2D eigenvalue weighted by Crippen LogP contribution is -2.30. The predicted octanol–water partition coefficient (Wildman–Crippen LogP) is 15.9. The van der Waals surface area contributed by atoms with Crippen LogP contribution in [0, 0.1) is 0 Å². The maximum Gasteiger partial charge on any atom is 0.306 e. The number of carbonyl (C=O) groups is 3. The fourth-order valence-corrected chi connectivity index (χ4v) is 6.82. The molecule has 0 saturated heterocycles. The van der Waals surface area contributed by atoms with Crippen molar-refractivity contribution >= 4 is 17.9 Å². The smallest absolute Gasteiger partial charge is 0.306 e. The summed E-state index contributed by atoms with van der Waals surface area (Å²) in [4.78, 5) is 37.8. The first-order chi connectivity index (χ1) is 28.5. The van der Waals surface area contributed by atoms with Crippen LogP contribution in [0.4, 0.5) is 0 Å². The molecule has 0 bridgehead atoms. The Labute approximate surface area is 358 Å². The summed E-state index contributed by atoms with van der Waals surface area (Å²) in [7, 11) is 0. The van der Waals surface area contributed by atoms with Crippen molar-refractivity contribution in [2.45, 2.75) is 252 Å². The highest BCUT2D eigenvalue weighted by Gasteiger charge is 2.19. The topological polar surface area (TPSA) is 78.9 Å². The SMILES string of the molecule is CCCC/C=C\C=C/CCCCCC(=O)OC(COC(=O)CCCCCCC/C=C\C=C/CCCCCCCCC)COC(=O)CCCCCCCCCCCCC. The van der Waals surface area contributed by atoms with Gasteiger partial charge >= 0.3 is 17.9 Å². The van der Waals surface area contributed by atoms with E-state index in [-0.39, 0.29) is 31.1 Å². The van der Waals surface area contributed by atoms with E-state index in [1.54, 1.807) is 0 Å². The summed E-state index contributed by atoms with van der Waals surface area (Å²) in [6, 6.07) is 0. The van der Waals surface area contributed by atoms with Gasteiger partial charge in [0.05, 0.1) is 0 Å². The van der Waals surface area contributed by atoms with Crippen molar-refractivity contribution in [2.75, 3.05) is 13.2 Å². The van der Waals surface area contributed by atoms with Crippen LogP contribution in [0.2, 0.25) is 0 Å². The minimum Gasteiger partial charge on any atom is -0.462 e. The Morgan fingerprint density at radius 1 is 0.345 bits per heavy atom. The minimum absolute atomic E-state index is 0.0874. The molecule has 336 valence electrons. The number of carbonyl (C=O) groups excluding carboxylic acids is 3. The third-order valence-corrected chi connectivity index (χ3v) is 10.6. The van der Waals surface area contributed by atoms with Crippen molar-refractivity contribution in [1.29, 1.82) is 0 Å². The van der Waals surface area contributed by atoms with Gasteiger partial charge < -0.3 is 14.2 Å². The molecule has 1 unspecified atom stereocenters. The molecule has 0 amide bonds. The zero-order valence-electron chi connectivity index (χ0n) is 38.3. The van der Waals surface area contributed by atoms with Crippen LogP contribution in [0.5, 0.6) is 0 Å². The van der Waals surface area contributed by atoms with Crippen LogP contribution in [0.3, 0.4) is 0 Å². The van der Waals surface area contributed by atoms with Crippen molar-refractivity contribution in [3.63, 3.8) is 0 Å². The van der Waals surface area contributed by atoms with E-state index in [9.17, 15) is 14.4 Å². The van der Waals surface area contributed by atoms with Crippen LogP contribution in [0.1, 0.15) is 245 Å². The zero-order chi connectivity index (χ0) is 42.3. The predicted molar refractivity (Wildman–Crippen MR) is 247 cm³/mol. The van der Waals surface area contributed by atoms with Crippen molar-refractivity contribution in [3.05, 3.63) is 48.6 Å². The van der Waals surface area contributed by atoms with E-state index >= 15 is 0 Å². The zero-order valence-corrected chi connectivity index (χ0v) is 38.3. The molecule has 0 heterocycles. The van der Waals surface area contributed by atoms with E-state index in [4.69, 9.17) is 14.2 Å². The summed E-state index contributed by atoms with van der Waals surface area (Å²) >= 11 is 0. The number of hydrogen-bond donors (Lipinski definition) is 0. The fourth-order valence-electron chi connectivity index (χ4n) is 6.82. The molecular formula is C52H92O6. The quantitative estimate of drug-likeness (QED) is 0.0264. The Bertz CT molecular complexity index is 1030. The molecule has 1 atom stereocenters. The number of allylic oxidation sites excluding steroid dienone is 8. The van der Waals surface area contributed by atoms with Gasteiger partial charge in [0, 0.05) is 19.3 Å². The Hall–Kier alpha value is -2.63. The average molecular weight is 813 g/mol. The van der Waals surface area contributed by atoms with Crippen molar-refractivity contribution in [2.24, 2.45) is 0 Å². The van der Waals surface area contributed by atoms with Gasteiger partial charge in [-0.05, 0) is 64.2 Å². The van der Waals surface area contributed by atoms with E-state index in [1.807, 2.05) is 0 Å². The highest BCUT2D eigenvalue weighted by molar-refractivity contribution is 5.71. The molecule has 0 aromatic heterocycles. The second-order valence-corrected chi connectivity index (χ2v) is 16.4. The molecule has 0 rings (SSSR count). The Balaban J connectivity index is 4.37. The number of rotatable bonds is 44. The molecule has 0 aromatic rings. The van der Waals surface area contributed by atoms with E-state index in [0.717, 1.165) is 89.9 Å². The van der Waals surface area contributed by atoms with Crippen LogP contribution < -0.4 is 0 Å². The Kier molecular flexibility index (Phi) is 44.9. The van der Waals surface area contributed by atoms with Crippen LogP contribution >= 0.6 is 0 Å². The fraction of sp³-hybridized carbons (Fsp3) is 0.788. The van der Waals surface area contributed by atoms with Crippen molar-refractivity contribution in [1.82, 2.24) is 0 Å². The summed E-state index contributed by atoms with van der Waals surface area (Å²) < 4.78 is 16.7. The van der Waals surface area contributed by atoms with Gasteiger partial charge in [-0.1, -0.05) is 211 Å². The largest absolute Gasteiger partial charge is 0.462 e. The number of hydrogen-bond acceptors (Lipinski definition) is 6. The molecule has 0 N–H and O–H groups in total. The normalized spacial score (nSPS) is 12.4. The molecule has 0 aliphatic carbocycles. The molecule has 0 aromatic carbocycles. The second kappa shape index (κ2) is 47.1. The monoisotopic (exact) mass is 813 g/mol. The van der Waals surface area contributed by atoms with Gasteiger partial charge in [0.1, 0.15) is 13.2 Å². The molecular weight excluding hydrogens is 721 g/mol. The van der Waals surface area contributed by atoms with Gasteiger partial charge in [0.15, 0.2) is 6.10 Å². The third-order valence-electron chi connectivity index (χ3n) is 10.6. The highest BCUT2D eigenvalue weighted by Crippen LogP contribution is 2.14. The van der Waals surface area contributed by atoms with Gasteiger partial charge in [0.25, 0.3) is 0 Å². The maximum atomic E-state index is 12.7. The standard InChI is InChI=1S/C52H92O6/c1-4-7-10-13-16-19-22-23-24-25-26-27-28-31-33-36-39-42-45-51(54)57-48-49(58-52(55)46-43-40-37-34-30-21-18-15-12-9-6-3)47-56-50(53)44-41-38-35-32-29-20-17-14-11-8-5-2/h15,18,21,24-27,30,49H,4-14,16-17,19-20,22-23,28-29,31-48H2,1-3H3/b18-15-,25-24-,27-26-,30-21-. The summed E-state index contributed by atoms with van der Waals surface area (Å²) in [6.07, 6.45) is 55.2. The third kappa shape index (κ3) is 44.5. The first-order valence-corrected chi connectivity index (χ1v) is 24.7. The lowest BCUT2D eigenvalue weighted by atomic mass is 10.1. The van der Waals surface area contributed by atoms with Gasteiger partial charge in [-0.2, -0.15) is 0 Å². The number of esters is 3. The molecule has 0 fully saturated rings. The molecule has 0 aliphatic heterocycles. The summed E-state index contributed by atoms with van der Waals surface area (Å²) in [5, 5.41) is 0. The van der Waals surface area contributed by atoms with Crippen LogP contribution in [-0.4, -0.2) is 37.2 Å². The molecule has 0 saturated carbocycles. The first kappa shape index (κ1) is 55.4. The highest BCUT2D eigenvalue weighted by atomic mass is 16.6. The lowest BCUT2D eigenvalue weighted by molar-refractivity contribution is -0.167. The van der Waals surface area contributed by atoms with Gasteiger partial charge in [-0.3, -0.25) is 14.4 Å². The van der Waals surface area contributed by atoms with E-state index in [2.05, 4.69) is 69.4 Å².